The molecule has 0 aromatic heterocycles. The number of phenolic OH excluding ortho intramolecular Hbond substituents is 1. The van der Waals surface area contributed by atoms with Crippen LogP contribution in [0.15, 0.2) is 46.2 Å². The van der Waals surface area contributed by atoms with Crippen molar-refractivity contribution in [2.75, 3.05) is 7.11 Å². The molecule has 0 aliphatic carbocycles. The minimum Gasteiger partial charge on any atom is -0.744 e. The minimum absolute atomic E-state index is 0. The van der Waals surface area contributed by atoms with Crippen LogP contribution in [0.3, 0.4) is 0 Å². The van der Waals surface area contributed by atoms with Crippen molar-refractivity contribution < 1.29 is 99.7 Å². The molecule has 0 radical (unpaired) electrons. The number of hydrogen-bond donors (Lipinski definition) is 1. The Morgan fingerprint density at radius 2 is 1.59 bits per heavy atom. The fraction of sp³-hybridized carbons (Fsp3) is 0.0714. The summed E-state index contributed by atoms with van der Waals surface area (Å²) in [5.41, 5.74) is -0.873. The summed E-state index contributed by atoms with van der Waals surface area (Å²) in [5, 5.41) is 9.90. The van der Waals surface area contributed by atoms with Gasteiger partial charge in [0.1, 0.15) is 31.7 Å². The number of carbonyl (C=O) groups is 1. The van der Waals surface area contributed by atoms with Crippen molar-refractivity contribution in [1.82, 2.24) is 0 Å². The Bertz CT molecular complexity index is 1060. The molecule has 0 saturated carbocycles. The molecule has 0 saturated heterocycles. The van der Waals surface area contributed by atoms with Crippen molar-refractivity contribution in [3.05, 3.63) is 47.5 Å². The van der Waals surface area contributed by atoms with Crippen LogP contribution in [-0.4, -0.2) is 43.9 Å². The third kappa shape index (κ3) is 6.26. The first-order chi connectivity index (χ1) is 11.4. The van der Waals surface area contributed by atoms with Gasteiger partial charge in [0.25, 0.3) is 0 Å². The number of benzene rings is 2. The molecule has 13 heteroatoms. The number of aromatic hydroxyl groups is 1. The summed E-state index contributed by atoms with van der Waals surface area (Å²) in [6.45, 7) is 0. The zero-order valence-corrected chi connectivity index (χ0v) is 20.1. The van der Waals surface area contributed by atoms with E-state index in [1.165, 1.54) is 0 Å². The summed E-state index contributed by atoms with van der Waals surface area (Å²) in [5.74, 6) is -2.14. The standard InChI is InChI=1S/C14H12O9S2.2Na/c1-23-12-7-11(15)10(6-13(12)25(20,21)22)14(16)8-3-2-4-9(5-8)24(17,18)19;;/h2-7,15H,1H3,(H,17,18,19)(H,20,21,22);;/q;2*+1/p-2. The number of ketones is 1. The van der Waals surface area contributed by atoms with Crippen molar-refractivity contribution in [3.8, 4) is 11.5 Å². The van der Waals surface area contributed by atoms with Crippen LogP contribution in [0, 0.1) is 0 Å². The smallest absolute Gasteiger partial charge is 0.744 e. The molecular weight excluding hydrogens is 422 g/mol. The van der Waals surface area contributed by atoms with Crippen LogP contribution in [0.5, 0.6) is 11.5 Å². The van der Waals surface area contributed by atoms with E-state index < -0.39 is 52.9 Å². The fourth-order valence-electron chi connectivity index (χ4n) is 2.03. The molecule has 0 atom stereocenters. The van der Waals surface area contributed by atoms with Crippen LogP contribution in [0.1, 0.15) is 15.9 Å². The quantitative estimate of drug-likeness (QED) is 0.276. The second kappa shape index (κ2) is 9.83. The van der Waals surface area contributed by atoms with E-state index in [9.17, 15) is 35.8 Å². The van der Waals surface area contributed by atoms with Crippen LogP contribution in [-0.2, 0) is 20.2 Å². The number of carbonyl (C=O) groups excluding carboxylic acids is 1. The molecule has 0 bridgehead atoms. The number of methoxy groups -OCH3 is 1. The summed E-state index contributed by atoms with van der Waals surface area (Å²) >= 11 is 0. The summed E-state index contributed by atoms with van der Waals surface area (Å²) in [4.78, 5) is 10.9. The van der Waals surface area contributed by atoms with Crippen LogP contribution >= 0.6 is 0 Å². The SMILES string of the molecule is COc1cc(O)c(C(=O)c2cccc(S(=O)(=O)[O-])c2)cc1S(=O)(=O)[O-].[Na+].[Na+]. The maximum Gasteiger partial charge on any atom is 1.00 e. The van der Waals surface area contributed by atoms with E-state index in [4.69, 9.17) is 0 Å². The third-order valence-electron chi connectivity index (χ3n) is 3.18. The van der Waals surface area contributed by atoms with Gasteiger partial charge in [-0.1, -0.05) is 12.1 Å². The van der Waals surface area contributed by atoms with Gasteiger partial charge in [0, 0.05) is 11.6 Å². The Balaban J connectivity index is 0.00000338. The minimum atomic E-state index is -5.02. The largest absolute Gasteiger partial charge is 1.00 e. The van der Waals surface area contributed by atoms with Gasteiger partial charge >= 0.3 is 59.1 Å². The molecule has 0 heterocycles. The molecule has 0 spiro atoms. The molecule has 9 nitrogen and oxygen atoms in total. The predicted octanol–water partition coefficient (Wildman–Crippen LogP) is -5.55. The van der Waals surface area contributed by atoms with Gasteiger partial charge in [-0.2, -0.15) is 0 Å². The molecule has 0 unspecified atom stereocenters. The van der Waals surface area contributed by atoms with Gasteiger partial charge in [0.2, 0.25) is 0 Å². The van der Waals surface area contributed by atoms with Crippen LogP contribution < -0.4 is 63.9 Å². The van der Waals surface area contributed by atoms with Crippen molar-refractivity contribution in [2.45, 2.75) is 9.79 Å². The summed E-state index contributed by atoms with van der Waals surface area (Å²) in [6, 6.07) is 5.43. The van der Waals surface area contributed by atoms with Crippen LogP contribution in [0.2, 0.25) is 0 Å². The Kier molecular flexibility index (Phi) is 9.66. The maximum atomic E-state index is 12.4. The molecule has 2 aromatic carbocycles. The van der Waals surface area contributed by atoms with Crippen molar-refractivity contribution >= 4 is 26.0 Å². The van der Waals surface area contributed by atoms with Gasteiger partial charge in [0.15, 0.2) is 5.78 Å². The average Bonchev–Trinajstić information content (AvgIpc) is 2.52. The molecular formula is C14H10Na2O9S2. The normalized spacial score (nSPS) is 11.1. The Morgan fingerprint density at radius 1 is 1.00 bits per heavy atom. The van der Waals surface area contributed by atoms with Crippen LogP contribution in [0.25, 0.3) is 0 Å². The molecule has 0 fully saturated rings. The van der Waals surface area contributed by atoms with Gasteiger partial charge in [-0.3, -0.25) is 4.79 Å². The zero-order valence-electron chi connectivity index (χ0n) is 14.5. The van der Waals surface area contributed by atoms with Gasteiger partial charge in [0.05, 0.1) is 22.5 Å². The van der Waals surface area contributed by atoms with E-state index in [1.807, 2.05) is 0 Å². The fourth-order valence-corrected chi connectivity index (χ4v) is 3.20. The maximum absolute atomic E-state index is 12.4. The molecule has 2 rings (SSSR count). The zero-order chi connectivity index (χ0) is 19.0. The summed E-state index contributed by atoms with van der Waals surface area (Å²) < 4.78 is 71.6. The second-order valence-corrected chi connectivity index (χ2v) is 7.51. The van der Waals surface area contributed by atoms with Gasteiger partial charge in [-0.25, -0.2) is 16.8 Å². The van der Waals surface area contributed by atoms with Gasteiger partial charge < -0.3 is 18.9 Å². The molecule has 134 valence electrons. The molecule has 1 N–H and O–H groups in total. The molecule has 2 aromatic rings. The van der Waals surface area contributed by atoms with Crippen molar-refractivity contribution in [1.29, 1.82) is 0 Å². The first-order valence-corrected chi connectivity index (χ1v) is 9.24. The molecule has 0 aliphatic heterocycles. The first-order valence-electron chi connectivity index (χ1n) is 6.42. The summed E-state index contributed by atoms with van der Waals surface area (Å²) in [7, 11) is -8.78. The number of phenols is 1. The monoisotopic (exact) mass is 432 g/mol. The van der Waals surface area contributed by atoms with Crippen molar-refractivity contribution in [3.63, 3.8) is 0 Å². The molecule has 27 heavy (non-hydrogen) atoms. The molecule has 0 amide bonds. The topological polar surface area (TPSA) is 161 Å². The van der Waals surface area contributed by atoms with E-state index in [1.54, 1.807) is 0 Å². The van der Waals surface area contributed by atoms with E-state index in [0.717, 1.165) is 37.4 Å². The van der Waals surface area contributed by atoms with E-state index in [0.29, 0.717) is 6.07 Å². The van der Waals surface area contributed by atoms with Crippen molar-refractivity contribution in [2.24, 2.45) is 0 Å². The van der Waals surface area contributed by atoms with E-state index in [-0.39, 0.29) is 64.7 Å². The van der Waals surface area contributed by atoms with E-state index in [2.05, 4.69) is 4.74 Å². The Labute approximate surface area is 199 Å². The third-order valence-corrected chi connectivity index (χ3v) is 4.87. The number of ether oxygens (including phenoxy) is 1. The van der Waals surface area contributed by atoms with Gasteiger partial charge in [-0.05, 0) is 18.2 Å². The first kappa shape index (κ1) is 26.5. The van der Waals surface area contributed by atoms with E-state index >= 15 is 0 Å². The summed E-state index contributed by atoms with van der Waals surface area (Å²) in [6.07, 6.45) is 0. The number of hydrogen-bond acceptors (Lipinski definition) is 9. The molecule has 0 aliphatic rings. The van der Waals surface area contributed by atoms with Crippen LogP contribution in [0.4, 0.5) is 0 Å². The Hall–Kier alpha value is -0.470. The Morgan fingerprint density at radius 3 is 2.07 bits per heavy atom. The second-order valence-electron chi connectivity index (χ2n) is 4.79. The predicted molar refractivity (Wildman–Crippen MR) is 80.5 cm³/mol. The van der Waals surface area contributed by atoms with Gasteiger partial charge in [-0.15, -0.1) is 0 Å². The average molecular weight is 432 g/mol. The number of rotatable bonds is 5.